The minimum atomic E-state index is -0.306. The van der Waals surface area contributed by atoms with Crippen LogP contribution in [0, 0.1) is 0 Å². The predicted octanol–water partition coefficient (Wildman–Crippen LogP) is 5.23. The third kappa shape index (κ3) is 3.99. The molecule has 0 radical (unpaired) electrons. The summed E-state index contributed by atoms with van der Waals surface area (Å²) in [6.45, 7) is 5.02. The van der Waals surface area contributed by atoms with Crippen molar-refractivity contribution in [3.63, 3.8) is 0 Å². The van der Waals surface area contributed by atoms with E-state index in [2.05, 4.69) is 44.1 Å². The molecule has 1 aromatic carbocycles. The van der Waals surface area contributed by atoms with Gasteiger partial charge >= 0.3 is 0 Å². The van der Waals surface area contributed by atoms with Gasteiger partial charge in [-0.3, -0.25) is 4.79 Å². The van der Waals surface area contributed by atoms with Crippen molar-refractivity contribution in [2.45, 2.75) is 69.3 Å². The van der Waals surface area contributed by atoms with E-state index < -0.39 is 0 Å². The van der Waals surface area contributed by atoms with Gasteiger partial charge in [-0.1, -0.05) is 43.8 Å². The molecule has 1 atom stereocenters. The quantitative estimate of drug-likeness (QED) is 0.375. The molecule has 1 aliphatic rings. The molecule has 0 fully saturated rings. The van der Waals surface area contributed by atoms with Crippen LogP contribution in [0.25, 0.3) is 22.1 Å². The Morgan fingerprint density at radius 3 is 2.84 bits per heavy atom. The minimum Gasteiger partial charge on any atom is -0.324 e. The molecule has 9 heteroatoms. The van der Waals surface area contributed by atoms with Crippen molar-refractivity contribution in [1.29, 1.82) is 0 Å². The van der Waals surface area contributed by atoms with E-state index >= 15 is 0 Å². The maximum absolute atomic E-state index is 13.0. The van der Waals surface area contributed by atoms with Crippen molar-refractivity contribution in [1.82, 2.24) is 24.7 Å². The van der Waals surface area contributed by atoms with Gasteiger partial charge in [-0.05, 0) is 44.6 Å². The largest absolute Gasteiger partial charge is 0.324 e. The van der Waals surface area contributed by atoms with Gasteiger partial charge in [0.05, 0.1) is 16.5 Å². The van der Waals surface area contributed by atoms with Crippen molar-refractivity contribution in [2.75, 3.05) is 5.32 Å². The zero-order valence-corrected chi connectivity index (χ0v) is 19.9. The third-order valence-electron chi connectivity index (χ3n) is 5.79. The van der Waals surface area contributed by atoms with Crippen molar-refractivity contribution < 1.29 is 4.79 Å². The number of carbonyl (C=O) groups excluding carboxylic acids is 1. The van der Waals surface area contributed by atoms with Gasteiger partial charge in [0.15, 0.2) is 10.8 Å². The first-order chi connectivity index (χ1) is 15.7. The van der Waals surface area contributed by atoms with Crippen molar-refractivity contribution in [3.05, 3.63) is 34.8 Å². The van der Waals surface area contributed by atoms with Gasteiger partial charge in [0.1, 0.15) is 5.52 Å². The number of nitrogens with zero attached hydrogens (tertiary/aromatic N) is 5. The fourth-order valence-electron chi connectivity index (χ4n) is 4.23. The van der Waals surface area contributed by atoms with E-state index in [0.29, 0.717) is 16.7 Å². The number of thioether (sulfide) groups is 1. The highest BCUT2D eigenvalue weighted by Gasteiger charge is 2.23. The smallest absolute Gasteiger partial charge is 0.239 e. The number of para-hydroxylation sites is 1. The first-order valence-corrected chi connectivity index (χ1v) is 12.9. The number of benzene rings is 1. The Labute approximate surface area is 195 Å². The van der Waals surface area contributed by atoms with Crippen LogP contribution in [-0.4, -0.2) is 35.9 Å². The Morgan fingerprint density at radius 2 is 2.03 bits per heavy atom. The van der Waals surface area contributed by atoms with Gasteiger partial charge in [-0.25, -0.2) is 9.97 Å². The lowest BCUT2D eigenvalue weighted by Gasteiger charge is -2.12. The maximum atomic E-state index is 13.0. The van der Waals surface area contributed by atoms with Crippen molar-refractivity contribution >= 4 is 56.2 Å². The highest BCUT2D eigenvalue weighted by Crippen LogP contribution is 2.32. The van der Waals surface area contributed by atoms with E-state index in [1.165, 1.54) is 29.5 Å². The molecule has 1 amide bonds. The Hall–Kier alpha value is -2.52. The monoisotopic (exact) mass is 466 g/mol. The second kappa shape index (κ2) is 9.15. The summed E-state index contributed by atoms with van der Waals surface area (Å²) in [6.07, 6.45) is 6.13. The summed E-state index contributed by atoms with van der Waals surface area (Å²) in [5.74, 6) is -0.0543. The molecule has 0 saturated heterocycles. The van der Waals surface area contributed by atoms with Crippen molar-refractivity contribution in [2.24, 2.45) is 0 Å². The second-order valence-corrected chi connectivity index (χ2v) is 10.3. The SMILES string of the molecule is CCCn1c2ccccc2c2nnc(S[C@@H](CC)C(=O)Nc3nc4c(s3)CCCC4)nc21. The molecule has 0 aliphatic heterocycles. The summed E-state index contributed by atoms with van der Waals surface area (Å²) < 4.78 is 2.20. The molecule has 166 valence electrons. The Balaban J connectivity index is 1.39. The van der Waals surface area contributed by atoms with Crippen LogP contribution in [0.4, 0.5) is 5.13 Å². The summed E-state index contributed by atoms with van der Waals surface area (Å²) in [7, 11) is 0. The molecule has 0 spiro atoms. The molecule has 5 rings (SSSR count). The normalized spacial score (nSPS) is 14.6. The predicted molar refractivity (Wildman–Crippen MR) is 130 cm³/mol. The lowest BCUT2D eigenvalue weighted by atomic mass is 10.0. The standard InChI is InChI=1S/C23H26N6OS2/c1-3-13-29-16-11-7-5-9-14(16)19-20(29)25-23(28-27-19)31-17(4-2)21(30)26-22-24-15-10-6-8-12-18(15)32-22/h5,7,9,11,17H,3-4,6,8,10,12-13H2,1-2H3,(H,24,26,30)/t17-/m0/s1. The molecule has 1 aliphatic carbocycles. The van der Waals surface area contributed by atoms with E-state index in [0.717, 1.165) is 53.6 Å². The topological polar surface area (TPSA) is 85.6 Å². The van der Waals surface area contributed by atoms with Gasteiger partial charge in [0.25, 0.3) is 0 Å². The average molecular weight is 467 g/mol. The van der Waals surface area contributed by atoms with Crippen LogP contribution in [0.3, 0.4) is 0 Å². The number of aryl methyl sites for hydroxylation is 3. The lowest BCUT2D eigenvalue weighted by molar-refractivity contribution is -0.115. The first-order valence-electron chi connectivity index (χ1n) is 11.3. The number of carbonyl (C=O) groups is 1. The minimum absolute atomic E-state index is 0.0543. The Bertz CT molecular complexity index is 1260. The molecule has 4 aromatic rings. The molecule has 0 unspecified atom stereocenters. The van der Waals surface area contributed by atoms with Gasteiger partial charge in [0.2, 0.25) is 11.1 Å². The zero-order chi connectivity index (χ0) is 22.1. The summed E-state index contributed by atoms with van der Waals surface area (Å²) in [4.78, 5) is 23.8. The number of thiazole rings is 1. The molecule has 7 nitrogen and oxygen atoms in total. The van der Waals surface area contributed by atoms with Gasteiger partial charge in [-0.15, -0.1) is 21.5 Å². The van der Waals surface area contributed by atoms with Crippen LogP contribution in [0.2, 0.25) is 0 Å². The fourth-order valence-corrected chi connectivity index (χ4v) is 6.10. The van der Waals surface area contributed by atoms with E-state index in [1.54, 1.807) is 11.3 Å². The molecule has 3 aromatic heterocycles. The number of rotatable bonds is 7. The number of hydrogen-bond acceptors (Lipinski definition) is 7. The molecular weight excluding hydrogens is 440 g/mol. The molecule has 1 N–H and O–H groups in total. The first kappa shape index (κ1) is 21.3. The van der Waals surface area contributed by atoms with Crippen LogP contribution in [0.1, 0.15) is 50.1 Å². The third-order valence-corrected chi connectivity index (χ3v) is 8.08. The van der Waals surface area contributed by atoms with Crippen LogP contribution >= 0.6 is 23.1 Å². The summed E-state index contributed by atoms with van der Waals surface area (Å²) in [5.41, 5.74) is 3.91. The second-order valence-electron chi connectivity index (χ2n) is 8.04. The molecular formula is C23H26N6OS2. The average Bonchev–Trinajstić information content (AvgIpc) is 3.36. The highest BCUT2D eigenvalue weighted by atomic mass is 32.2. The van der Waals surface area contributed by atoms with Crippen LogP contribution in [-0.2, 0) is 24.2 Å². The van der Waals surface area contributed by atoms with E-state index in [4.69, 9.17) is 4.98 Å². The van der Waals surface area contributed by atoms with Crippen LogP contribution in [0.5, 0.6) is 0 Å². The van der Waals surface area contributed by atoms with Gasteiger partial charge in [-0.2, -0.15) is 0 Å². The number of hydrogen-bond donors (Lipinski definition) is 1. The van der Waals surface area contributed by atoms with Gasteiger partial charge < -0.3 is 9.88 Å². The van der Waals surface area contributed by atoms with Crippen LogP contribution < -0.4 is 5.32 Å². The maximum Gasteiger partial charge on any atom is 0.239 e. The fraction of sp³-hybridized carbons (Fsp3) is 0.435. The number of fused-ring (bicyclic) bond motifs is 4. The number of amides is 1. The lowest BCUT2D eigenvalue weighted by Crippen LogP contribution is -2.24. The molecule has 32 heavy (non-hydrogen) atoms. The Kier molecular flexibility index (Phi) is 6.10. The number of aromatic nitrogens is 5. The van der Waals surface area contributed by atoms with E-state index in [-0.39, 0.29) is 11.2 Å². The molecule has 3 heterocycles. The zero-order valence-electron chi connectivity index (χ0n) is 18.3. The van der Waals surface area contributed by atoms with Crippen LogP contribution in [0.15, 0.2) is 29.4 Å². The van der Waals surface area contributed by atoms with E-state index in [9.17, 15) is 4.79 Å². The van der Waals surface area contributed by atoms with E-state index in [1.807, 2.05) is 19.1 Å². The summed E-state index contributed by atoms with van der Waals surface area (Å²) >= 11 is 2.98. The van der Waals surface area contributed by atoms with Gasteiger partial charge in [0, 0.05) is 16.8 Å². The number of nitrogens with one attached hydrogen (secondary N) is 1. The highest BCUT2D eigenvalue weighted by molar-refractivity contribution is 8.00. The molecule has 0 bridgehead atoms. The Morgan fingerprint density at radius 1 is 1.19 bits per heavy atom. The summed E-state index contributed by atoms with van der Waals surface area (Å²) in [5, 5.41) is 13.9. The molecule has 0 saturated carbocycles. The summed E-state index contributed by atoms with van der Waals surface area (Å²) in [6, 6.07) is 8.20. The number of anilines is 1. The van der Waals surface area contributed by atoms with Crippen molar-refractivity contribution in [3.8, 4) is 0 Å².